The molecular formula is C13H22N2O. The topological polar surface area (TPSA) is 32.3 Å². The summed E-state index contributed by atoms with van der Waals surface area (Å²) in [6.07, 6.45) is 4.70. The van der Waals surface area contributed by atoms with Crippen LogP contribution in [0.4, 0.5) is 0 Å². The predicted molar refractivity (Wildman–Crippen MR) is 62.8 cm³/mol. The van der Waals surface area contributed by atoms with Gasteiger partial charge in [-0.2, -0.15) is 0 Å². The fourth-order valence-electron chi connectivity index (χ4n) is 3.02. The zero-order valence-electron chi connectivity index (χ0n) is 10.5. The van der Waals surface area contributed by atoms with Gasteiger partial charge in [-0.25, -0.2) is 0 Å². The number of hydrogen-bond donors (Lipinski definition) is 1. The zero-order valence-corrected chi connectivity index (χ0v) is 10.5. The normalized spacial score (nSPS) is 38.2. The van der Waals surface area contributed by atoms with Crippen LogP contribution in [-0.4, -0.2) is 29.1 Å². The van der Waals surface area contributed by atoms with Crippen LogP contribution in [0.2, 0.25) is 0 Å². The first-order valence-electron chi connectivity index (χ1n) is 6.57. The fourth-order valence-corrected chi connectivity index (χ4v) is 3.02. The minimum atomic E-state index is -0.125. The summed E-state index contributed by atoms with van der Waals surface area (Å²) in [7, 11) is 0. The molecule has 16 heavy (non-hydrogen) atoms. The molecule has 3 rings (SSSR count). The van der Waals surface area contributed by atoms with Crippen LogP contribution in [0.1, 0.15) is 46.5 Å². The molecule has 3 fully saturated rings. The average Bonchev–Trinajstić information content (AvgIpc) is 3.08. The first-order valence-corrected chi connectivity index (χ1v) is 6.57. The molecule has 0 radical (unpaired) electrons. The van der Waals surface area contributed by atoms with Crippen molar-refractivity contribution in [1.82, 2.24) is 10.2 Å². The lowest BCUT2D eigenvalue weighted by Gasteiger charge is -2.23. The maximum atomic E-state index is 12.3. The summed E-state index contributed by atoms with van der Waals surface area (Å²) >= 11 is 0. The van der Waals surface area contributed by atoms with Gasteiger partial charge in [-0.15, -0.1) is 0 Å². The van der Waals surface area contributed by atoms with Crippen molar-refractivity contribution >= 4 is 5.91 Å². The summed E-state index contributed by atoms with van der Waals surface area (Å²) in [5.41, 5.74) is 0.345. The molecule has 3 nitrogen and oxygen atoms in total. The number of rotatable bonds is 3. The van der Waals surface area contributed by atoms with Crippen LogP contribution in [0.15, 0.2) is 0 Å². The van der Waals surface area contributed by atoms with E-state index in [2.05, 4.69) is 31.0 Å². The molecule has 2 saturated carbocycles. The molecular weight excluding hydrogens is 200 g/mol. The van der Waals surface area contributed by atoms with Crippen molar-refractivity contribution in [3.8, 4) is 0 Å². The van der Waals surface area contributed by atoms with Crippen LogP contribution in [-0.2, 0) is 4.79 Å². The molecule has 3 heteroatoms. The van der Waals surface area contributed by atoms with Crippen LogP contribution >= 0.6 is 0 Å². The second-order valence-electron chi connectivity index (χ2n) is 6.50. The second-order valence-corrected chi connectivity index (χ2v) is 6.50. The highest BCUT2D eigenvalue weighted by molar-refractivity contribution is 5.91. The summed E-state index contributed by atoms with van der Waals surface area (Å²) in [5.74, 6) is 1.10. The third kappa shape index (κ3) is 1.41. The third-order valence-corrected chi connectivity index (χ3v) is 4.76. The lowest BCUT2D eigenvalue weighted by atomic mass is 10.1. The van der Waals surface area contributed by atoms with Crippen molar-refractivity contribution in [3.05, 3.63) is 0 Å². The van der Waals surface area contributed by atoms with Crippen molar-refractivity contribution in [3.63, 3.8) is 0 Å². The van der Waals surface area contributed by atoms with E-state index in [4.69, 9.17) is 0 Å². The highest BCUT2D eigenvalue weighted by Gasteiger charge is 2.60. The van der Waals surface area contributed by atoms with Crippen LogP contribution in [0.3, 0.4) is 0 Å². The Hall–Kier alpha value is -0.570. The molecule has 1 spiro atoms. The Bertz CT molecular complexity index is 333. The molecule has 1 amide bonds. The van der Waals surface area contributed by atoms with Crippen molar-refractivity contribution < 1.29 is 4.79 Å². The Balaban J connectivity index is 1.71. The molecule has 3 aliphatic rings. The standard InChI is InChI=1S/C13H22N2O/c1-4-10-14-13(5-6-13)11(16)15(10)8-9-7-12(9,2)3/h9-10,14H,4-8H2,1-3H3. The van der Waals surface area contributed by atoms with E-state index in [1.165, 1.54) is 6.42 Å². The maximum absolute atomic E-state index is 12.3. The van der Waals surface area contributed by atoms with Crippen molar-refractivity contribution in [1.29, 1.82) is 0 Å². The lowest BCUT2D eigenvalue weighted by molar-refractivity contribution is -0.131. The van der Waals surface area contributed by atoms with E-state index in [-0.39, 0.29) is 5.54 Å². The van der Waals surface area contributed by atoms with Gasteiger partial charge in [0.1, 0.15) is 0 Å². The lowest BCUT2D eigenvalue weighted by Crippen LogP contribution is -2.38. The first-order chi connectivity index (χ1) is 7.48. The molecule has 1 N–H and O–H groups in total. The molecule has 0 aromatic heterocycles. The Morgan fingerprint density at radius 1 is 1.44 bits per heavy atom. The van der Waals surface area contributed by atoms with E-state index in [9.17, 15) is 4.79 Å². The minimum Gasteiger partial charge on any atom is -0.325 e. The highest BCUT2D eigenvalue weighted by Crippen LogP contribution is 2.53. The zero-order chi connectivity index (χ0) is 11.6. The van der Waals surface area contributed by atoms with Gasteiger partial charge in [0.2, 0.25) is 5.91 Å². The Morgan fingerprint density at radius 2 is 2.06 bits per heavy atom. The highest BCUT2D eigenvalue weighted by atomic mass is 16.2. The predicted octanol–water partition coefficient (Wildman–Crippen LogP) is 1.73. The molecule has 0 aromatic rings. The summed E-state index contributed by atoms with van der Waals surface area (Å²) in [6.45, 7) is 7.75. The Morgan fingerprint density at radius 3 is 2.50 bits per heavy atom. The summed E-state index contributed by atoms with van der Waals surface area (Å²) in [4.78, 5) is 14.4. The molecule has 1 aliphatic heterocycles. The third-order valence-electron chi connectivity index (χ3n) is 4.76. The van der Waals surface area contributed by atoms with Crippen molar-refractivity contribution in [2.75, 3.05) is 6.54 Å². The molecule has 1 saturated heterocycles. The molecule has 2 unspecified atom stereocenters. The molecule has 2 aliphatic carbocycles. The first kappa shape index (κ1) is 10.6. The van der Waals surface area contributed by atoms with Gasteiger partial charge in [-0.3, -0.25) is 10.1 Å². The Kier molecular flexibility index (Phi) is 1.99. The minimum absolute atomic E-state index is 0.125. The smallest absolute Gasteiger partial charge is 0.244 e. The number of amides is 1. The average molecular weight is 222 g/mol. The molecule has 2 atom stereocenters. The monoisotopic (exact) mass is 222 g/mol. The van der Waals surface area contributed by atoms with E-state index in [1.807, 2.05) is 0 Å². The van der Waals surface area contributed by atoms with Gasteiger partial charge in [0.15, 0.2) is 0 Å². The van der Waals surface area contributed by atoms with E-state index in [0.717, 1.165) is 31.7 Å². The van der Waals surface area contributed by atoms with Crippen molar-refractivity contribution in [2.45, 2.75) is 58.2 Å². The van der Waals surface area contributed by atoms with E-state index in [0.29, 0.717) is 17.5 Å². The number of carbonyl (C=O) groups excluding carboxylic acids is 1. The van der Waals surface area contributed by atoms with Gasteiger partial charge in [-0.05, 0) is 37.0 Å². The van der Waals surface area contributed by atoms with E-state index >= 15 is 0 Å². The van der Waals surface area contributed by atoms with Crippen LogP contribution in [0.5, 0.6) is 0 Å². The number of carbonyl (C=O) groups is 1. The van der Waals surface area contributed by atoms with Gasteiger partial charge in [0.05, 0.1) is 11.7 Å². The number of nitrogens with zero attached hydrogens (tertiary/aromatic N) is 1. The molecule has 0 bridgehead atoms. The van der Waals surface area contributed by atoms with E-state index < -0.39 is 0 Å². The Labute approximate surface area is 97.6 Å². The van der Waals surface area contributed by atoms with Crippen molar-refractivity contribution in [2.24, 2.45) is 11.3 Å². The van der Waals surface area contributed by atoms with Gasteiger partial charge in [-0.1, -0.05) is 20.8 Å². The van der Waals surface area contributed by atoms with Gasteiger partial charge >= 0.3 is 0 Å². The van der Waals surface area contributed by atoms with Crippen LogP contribution in [0.25, 0.3) is 0 Å². The SMILES string of the molecule is CCC1NC2(CC2)C(=O)N1CC1CC1(C)C. The quantitative estimate of drug-likeness (QED) is 0.789. The van der Waals surface area contributed by atoms with E-state index in [1.54, 1.807) is 0 Å². The second kappa shape index (κ2) is 3.00. The van der Waals surface area contributed by atoms with Gasteiger partial charge < -0.3 is 4.90 Å². The van der Waals surface area contributed by atoms with Crippen LogP contribution in [0, 0.1) is 11.3 Å². The largest absolute Gasteiger partial charge is 0.325 e. The maximum Gasteiger partial charge on any atom is 0.244 e. The summed E-state index contributed by atoms with van der Waals surface area (Å²) in [6, 6.07) is 0. The molecule has 0 aromatic carbocycles. The fraction of sp³-hybridized carbons (Fsp3) is 0.923. The summed E-state index contributed by atoms with van der Waals surface area (Å²) in [5, 5.41) is 3.53. The summed E-state index contributed by atoms with van der Waals surface area (Å²) < 4.78 is 0. The molecule has 1 heterocycles. The van der Waals surface area contributed by atoms with Gasteiger partial charge in [0.25, 0.3) is 0 Å². The van der Waals surface area contributed by atoms with Crippen LogP contribution < -0.4 is 5.32 Å². The molecule has 90 valence electrons. The number of nitrogens with one attached hydrogen (secondary N) is 1. The number of hydrogen-bond acceptors (Lipinski definition) is 2. The van der Waals surface area contributed by atoms with Gasteiger partial charge in [0, 0.05) is 6.54 Å².